The summed E-state index contributed by atoms with van der Waals surface area (Å²) in [5, 5.41) is 15.3. The van der Waals surface area contributed by atoms with Crippen LogP contribution in [0.15, 0.2) is 42.9 Å². The molecule has 2 aromatic heterocycles. The zero-order chi connectivity index (χ0) is 21.6. The number of carbonyl (C=O) groups is 2. The molecule has 31 heavy (non-hydrogen) atoms. The summed E-state index contributed by atoms with van der Waals surface area (Å²) < 4.78 is 5.86. The van der Waals surface area contributed by atoms with Gasteiger partial charge in [0, 0.05) is 18.7 Å². The first-order chi connectivity index (χ1) is 15.1. The van der Waals surface area contributed by atoms with Gasteiger partial charge in [-0.3, -0.25) is 4.79 Å². The molecule has 1 fully saturated rings. The van der Waals surface area contributed by atoms with Crippen LogP contribution in [-0.4, -0.2) is 44.1 Å². The Balaban J connectivity index is 1.41. The minimum atomic E-state index is -1.22. The van der Waals surface area contributed by atoms with Crippen molar-refractivity contribution in [1.82, 2.24) is 25.6 Å². The molecular formula is C22H25N5O4. The first-order valence-electron chi connectivity index (χ1n) is 10.4. The van der Waals surface area contributed by atoms with Crippen molar-refractivity contribution in [1.29, 1.82) is 0 Å². The molecule has 0 aliphatic heterocycles. The number of aromatic nitrogens is 3. The maximum atomic E-state index is 12.7. The molecule has 0 radical (unpaired) electrons. The molecule has 1 aliphatic carbocycles. The molecule has 0 unspecified atom stereocenters. The normalized spacial score (nSPS) is 15.4. The van der Waals surface area contributed by atoms with Crippen molar-refractivity contribution in [3.63, 3.8) is 0 Å². The number of hydrogen-bond donors (Lipinski definition) is 4. The van der Waals surface area contributed by atoms with Crippen molar-refractivity contribution in [2.45, 2.75) is 50.6 Å². The van der Waals surface area contributed by atoms with Gasteiger partial charge in [0.25, 0.3) is 0 Å². The molecule has 3 aromatic rings. The van der Waals surface area contributed by atoms with Crippen LogP contribution in [0.25, 0.3) is 11.0 Å². The van der Waals surface area contributed by atoms with E-state index in [1.54, 1.807) is 18.3 Å². The van der Waals surface area contributed by atoms with E-state index in [9.17, 15) is 9.59 Å². The molecule has 9 nitrogen and oxygen atoms in total. The van der Waals surface area contributed by atoms with E-state index in [0.717, 1.165) is 36.6 Å². The molecule has 2 amide bonds. The van der Waals surface area contributed by atoms with E-state index in [2.05, 4.69) is 25.6 Å². The molecule has 1 aliphatic rings. The molecule has 0 bridgehead atoms. The predicted octanol–water partition coefficient (Wildman–Crippen LogP) is 3.38. The molecule has 1 saturated carbocycles. The Kier molecular flexibility index (Phi) is 6.30. The molecule has 1 aromatic carbocycles. The number of rotatable bonds is 7. The van der Waals surface area contributed by atoms with E-state index in [-0.39, 0.29) is 18.4 Å². The third-order valence-corrected chi connectivity index (χ3v) is 5.46. The fourth-order valence-electron chi connectivity index (χ4n) is 3.88. The number of nitrogens with zero attached hydrogens (tertiary/aromatic N) is 2. The van der Waals surface area contributed by atoms with Gasteiger partial charge in [-0.1, -0.05) is 31.4 Å². The van der Waals surface area contributed by atoms with Crippen LogP contribution in [-0.2, 0) is 11.2 Å². The zero-order valence-corrected chi connectivity index (χ0v) is 17.0. The van der Waals surface area contributed by atoms with Gasteiger partial charge in [-0.15, -0.1) is 0 Å². The summed E-state index contributed by atoms with van der Waals surface area (Å²) >= 11 is 0. The van der Waals surface area contributed by atoms with Gasteiger partial charge in [0.2, 0.25) is 11.8 Å². The maximum absolute atomic E-state index is 12.7. The SMILES string of the molecule is O=C(O)N[C@@H](Cc1ccc(Oc2ncnc3[nH]ccc23)cc1)C(=O)NC1CCCCC1. The monoisotopic (exact) mass is 423 g/mol. The fraction of sp³-hybridized carbons (Fsp3) is 0.364. The quantitative estimate of drug-likeness (QED) is 0.461. The average Bonchev–Trinajstić information content (AvgIpc) is 3.25. The van der Waals surface area contributed by atoms with E-state index in [0.29, 0.717) is 17.3 Å². The van der Waals surface area contributed by atoms with E-state index < -0.39 is 12.1 Å². The van der Waals surface area contributed by atoms with Crippen molar-refractivity contribution in [3.8, 4) is 11.6 Å². The third kappa shape index (κ3) is 5.30. The largest absolute Gasteiger partial charge is 0.465 e. The van der Waals surface area contributed by atoms with Crippen molar-refractivity contribution in [2.75, 3.05) is 0 Å². The lowest BCUT2D eigenvalue weighted by atomic mass is 9.95. The smallest absolute Gasteiger partial charge is 0.405 e. The highest BCUT2D eigenvalue weighted by Crippen LogP contribution is 2.26. The van der Waals surface area contributed by atoms with Gasteiger partial charge in [-0.05, 0) is 36.6 Å². The highest BCUT2D eigenvalue weighted by atomic mass is 16.5. The van der Waals surface area contributed by atoms with Crippen LogP contribution in [0, 0.1) is 0 Å². The first kappa shape index (κ1) is 20.6. The summed E-state index contributed by atoms with van der Waals surface area (Å²) in [7, 11) is 0. The molecule has 4 N–H and O–H groups in total. The molecule has 1 atom stereocenters. The van der Waals surface area contributed by atoms with Gasteiger partial charge < -0.3 is 25.5 Å². The van der Waals surface area contributed by atoms with Crippen LogP contribution in [0.5, 0.6) is 11.6 Å². The summed E-state index contributed by atoms with van der Waals surface area (Å²) in [5.41, 5.74) is 1.51. The van der Waals surface area contributed by atoms with Crippen LogP contribution in [0.3, 0.4) is 0 Å². The van der Waals surface area contributed by atoms with Crippen LogP contribution in [0.2, 0.25) is 0 Å². The highest BCUT2D eigenvalue weighted by molar-refractivity contribution is 5.85. The Labute approximate surface area is 179 Å². The van der Waals surface area contributed by atoms with Crippen molar-refractivity contribution in [3.05, 3.63) is 48.4 Å². The Hall–Kier alpha value is -3.62. The minimum absolute atomic E-state index is 0.119. The number of carbonyl (C=O) groups excluding carboxylic acids is 1. The number of nitrogens with one attached hydrogen (secondary N) is 3. The average molecular weight is 423 g/mol. The van der Waals surface area contributed by atoms with Gasteiger partial charge in [0.05, 0.1) is 5.39 Å². The minimum Gasteiger partial charge on any atom is -0.465 e. The number of ether oxygens (including phenoxy) is 1. The lowest BCUT2D eigenvalue weighted by molar-refractivity contribution is -0.123. The van der Waals surface area contributed by atoms with Gasteiger partial charge in [-0.2, -0.15) is 0 Å². The topological polar surface area (TPSA) is 129 Å². The number of fused-ring (bicyclic) bond motifs is 1. The van der Waals surface area contributed by atoms with Gasteiger partial charge in [-0.25, -0.2) is 14.8 Å². The molecular weight excluding hydrogens is 398 g/mol. The Bertz CT molecular complexity index is 1040. The van der Waals surface area contributed by atoms with Crippen LogP contribution >= 0.6 is 0 Å². The first-order valence-corrected chi connectivity index (χ1v) is 10.4. The lowest BCUT2D eigenvalue weighted by Gasteiger charge is -2.25. The number of carboxylic acid groups (broad SMARTS) is 1. The van der Waals surface area contributed by atoms with Crippen LogP contribution < -0.4 is 15.4 Å². The van der Waals surface area contributed by atoms with Gasteiger partial charge in [0.1, 0.15) is 23.8 Å². The number of H-pyrrole nitrogens is 1. The van der Waals surface area contributed by atoms with E-state index in [4.69, 9.17) is 9.84 Å². The Morgan fingerprint density at radius 2 is 1.90 bits per heavy atom. The van der Waals surface area contributed by atoms with Crippen LogP contribution in [0.1, 0.15) is 37.7 Å². The summed E-state index contributed by atoms with van der Waals surface area (Å²) in [6, 6.07) is 8.27. The Morgan fingerprint density at radius 1 is 1.13 bits per heavy atom. The molecule has 0 spiro atoms. The third-order valence-electron chi connectivity index (χ3n) is 5.46. The molecule has 0 saturated heterocycles. The zero-order valence-electron chi connectivity index (χ0n) is 17.0. The van der Waals surface area contributed by atoms with E-state index >= 15 is 0 Å². The highest BCUT2D eigenvalue weighted by Gasteiger charge is 2.24. The Morgan fingerprint density at radius 3 is 2.65 bits per heavy atom. The summed E-state index contributed by atoms with van der Waals surface area (Å²) in [4.78, 5) is 35.2. The fourth-order valence-corrected chi connectivity index (χ4v) is 3.88. The lowest BCUT2D eigenvalue weighted by Crippen LogP contribution is -2.50. The van der Waals surface area contributed by atoms with Crippen LogP contribution in [0.4, 0.5) is 4.79 Å². The molecule has 2 heterocycles. The summed E-state index contributed by atoms with van der Waals surface area (Å²) in [6.45, 7) is 0. The molecule has 4 rings (SSSR count). The van der Waals surface area contributed by atoms with Gasteiger partial charge in [0.15, 0.2) is 0 Å². The number of hydrogen-bond acceptors (Lipinski definition) is 5. The second-order valence-corrected chi connectivity index (χ2v) is 7.71. The second-order valence-electron chi connectivity index (χ2n) is 7.71. The standard InChI is InChI=1S/C22H25N5O4/c28-20(26-15-4-2-1-3-5-15)18(27-22(29)30)12-14-6-8-16(9-7-14)31-21-17-10-11-23-19(17)24-13-25-21/h6-11,13,15,18,27H,1-5,12H2,(H,26,28)(H,29,30)(H,23,24,25)/t18-/m0/s1. The number of amides is 2. The molecule has 9 heteroatoms. The summed E-state index contributed by atoms with van der Waals surface area (Å²) in [5.74, 6) is 0.737. The van der Waals surface area contributed by atoms with E-state index in [1.807, 2.05) is 18.2 Å². The number of benzene rings is 1. The molecule has 162 valence electrons. The summed E-state index contributed by atoms with van der Waals surface area (Å²) in [6.07, 6.45) is 7.46. The van der Waals surface area contributed by atoms with Gasteiger partial charge >= 0.3 is 6.09 Å². The predicted molar refractivity (Wildman–Crippen MR) is 114 cm³/mol. The van der Waals surface area contributed by atoms with E-state index in [1.165, 1.54) is 12.7 Å². The van der Waals surface area contributed by atoms with Crippen molar-refractivity contribution < 1.29 is 19.4 Å². The number of aromatic amines is 1. The second kappa shape index (κ2) is 9.46. The maximum Gasteiger partial charge on any atom is 0.405 e. The van der Waals surface area contributed by atoms with Crippen molar-refractivity contribution >= 4 is 23.0 Å². The van der Waals surface area contributed by atoms with Crippen molar-refractivity contribution in [2.24, 2.45) is 0 Å².